The molecule has 1 unspecified atom stereocenters. The summed E-state index contributed by atoms with van der Waals surface area (Å²) in [6, 6.07) is 0. The van der Waals surface area contributed by atoms with Gasteiger partial charge in [-0.3, -0.25) is 0 Å². The van der Waals surface area contributed by atoms with Crippen molar-refractivity contribution in [3.05, 3.63) is 12.2 Å². The zero-order valence-corrected chi connectivity index (χ0v) is 7.97. The SMILES string of the molecule is C=C(CC(CC)CCC)C(=O)O. The topological polar surface area (TPSA) is 37.3 Å². The van der Waals surface area contributed by atoms with E-state index in [-0.39, 0.29) is 0 Å². The van der Waals surface area contributed by atoms with Crippen LogP contribution in [0.15, 0.2) is 12.2 Å². The second-order valence-corrected chi connectivity index (χ2v) is 3.18. The Morgan fingerprint density at radius 1 is 1.50 bits per heavy atom. The maximum Gasteiger partial charge on any atom is 0.330 e. The summed E-state index contributed by atoms with van der Waals surface area (Å²) in [5, 5.41) is 8.60. The summed E-state index contributed by atoms with van der Waals surface area (Å²) in [7, 11) is 0. The highest BCUT2D eigenvalue weighted by molar-refractivity contribution is 5.85. The van der Waals surface area contributed by atoms with Crippen LogP contribution in [0, 0.1) is 5.92 Å². The molecule has 0 aromatic carbocycles. The van der Waals surface area contributed by atoms with Gasteiger partial charge in [-0.15, -0.1) is 0 Å². The predicted molar refractivity (Wildman–Crippen MR) is 50.1 cm³/mol. The van der Waals surface area contributed by atoms with Gasteiger partial charge in [-0.05, 0) is 12.3 Å². The zero-order valence-electron chi connectivity index (χ0n) is 7.97. The second-order valence-electron chi connectivity index (χ2n) is 3.18. The van der Waals surface area contributed by atoms with Gasteiger partial charge in [0, 0.05) is 5.57 Å². The lowest BCUT2D eigenvalue weighted by molar-refractivity contribution is -0.132. The van der Waals surface area contributed by atoms with Crippen molar-refractivity contribution in [3.63, 3.8) is 0 Å². The minimum atomic E-state index is -0.857. The molecule has 2 nitrogen and oxygen atoms in total. The first kappa shape index (κ1) is 11.2. The average Bonchev–Trinajstić information content (AvgIpc) is 2.03. The Morgan fingerprint density at radius 2 is 2.08 bits per heavy atom. The lowest BCUT2D eigenvalue weighted by Crippen LogP contribution is -2.06. The Balaban J connectivity index is 3.85. The molecule has 0 aliphatic carbocycles. The Hall–Kier alpha value is -0.790. The molecule has 0 spiro atoms. The van der Waals surface area contributed by atoms with Crippen molar-refractivity contribution in [1.82, 2.24) is 0 Å². The van der Waals surface area contributed by atoms with E-state index in [0.29, 0.717) is 17.9 Å². The van der Waals surface area contributed by atoms with E-state index in [2.05, 4.69) is 20.4 Å². The van der Waals surface area contributed by atoms with Crippen molar-refractivity contribution in [2.75, 3.05) is 0 Å². The molecule has 0 saturated heterocycles. The number of carboxylic acids is 1. The van der Waals surface area contributed by atoms with Crippen molar-refractivity contribution in [1.29, 1.82) is 0 Å². The molecule has 1 atom stereocenters. The van der Waals surface area contributed by atoms with E-state index in [1.165, 1.54) is 0 Å². The summed E-state index contributed by atoms with van der Waals surface area (Å²) < 4.78 is 0. The number of rotatable bonds is 6. The molecule has 0 bridgehead atoms. The molecular formula is C10H18O2. The van der Waals surface area contributed by atoms with Crippen molar-refractivity contribution >= 4 is 5.97 Å². The van der Waals surface area contributed by atoms with Gasteiger partial charge in [-0.2, -0.15) is 0 Å². The Kier molecular flexibility index (Phi) is 5.43. The molecule has 0 aromatic rings. The monoisotopic (exact) mass is 170 g/mol. The molecule has 2 heteroatoms. The highest BCUT2D eigenvalue weighted by Gasteiger charge is 2.11. The predicted octanol–water partition coefficient (Wildman–Crippen LogP) is 2.84. The minimum Gasteiger partial charge on any atom is -0.478 e. The van der Waals surface area contributed by atoms with Gasteiger partial charge in [0.15, 0.2) is 0 Å². The highest BCUT2D eigenvalue weighted by Crippen LogP contribution is 2.19. The van der Waals surface area contributed by atoms with E-state index in [1.807, 2.05) is 0 Å². The van der Waals surface area contributed by atoms with Crippen molar-refractivity contribution in [2.45, 2.75) is 39.5 Å². The van der Waals surface area contributed by atoms with Gasteiger partial charge < -0.3 is 5.11 Å². The summed E-state index contributed by atoms with van der Waals surface area (Å²) in [6.07, 6.45) is 3.90. The fourth-order valence-electron chi connectivity index (χ4n) is 1.29. The molecule has 0 heterocycles. The molecule has 0 saturated carbocycles. The van der Waals surface area contributed by atoms with Gasteiger partial charge in [-0.25, -0.2) is 4.79 Å². The van der Waals surface area contributed by atoms with Gasteiger partial charge in [0.25, 0.3) is 0 Å². The third-order valence-electron chi connectivity index (χ3n) is 2.11. The second kappa shape index (κ2) is 5.81. The summed E-state index contributed by atoms with van der Waals surface area (Å²) >= 11 is 0. The van der Waals surface area contributed by atoms with Gasteiger partial charge >= 0.3 is 5.97 Å². The molecule has 0 aliphatic rings. The molecule has 1 N–H and O–H groups in total. The summed E-state index contributed by atoms with van der Waals surface area (Å²) in [6.45, 7) is 7.73. The normalized spacial score (nSPS) is 12.5. The van der Waals surface area contributed by atoms with Crippen molar-refractivity contribution in [2.24, 2.45) is 5.92 Å². The first-order valence-corrected chi connectivity index (χ1v) is 4.52. The summed E-state index contributed by atoms with van der Waals surface area (Å²) in [5.74, 6) is -0.358. The largest absolute Gasteiger partial charge is 0.478 e. The number of hydrogen-bond donors (Lipinski definition) is 1. The molecule has 0 rings (SSSR count). The molecule has 0 fully saturated rings. The molecule has 12 heavy (non-hydrogen) atoms. The van der Waals surface area contributed by atoms with Crippen LogP contribution in [0.4, 0.5) is 0 Å². The van der Waals surface area contributed by atoms with E-state index in [0.717, 1.165) is 19.3 Å². The van der Waals surface area contributed by atoms with Crippen molar-refractivity contribution in [3.8, 4) is 0 Å². The average molecular weight is 170 g/mol. The molecule has 70 valence electrons. The fourth-order valence-corrected chi connectivity index (χ4v) is 1.29. The molecule has 0 amide bonds. The van der Waals surface area contributed by atoms with Crippen LogP contribution in [0.2, 0.25) is 0 Å². The number of carboxylic acid groups (broad SMARTS) is 1. The van der Waals surface area contributed by atoms with Gasteiger partial charge in [0.05, 0.1) is 0 Å². The van der Waals surface area contributed by atoms with E-state index in [1.54, 1.807) is 0 Å². The number of carbonyl (C=O) groups is 1. The van der Waals surface area contributed by atoms with E-state index in [9.17, 15) is 4.79 Å². The van der Waals surface area contributed by atoms with E-state index in [4.69, 9.17) is 5.11 Å². The maximum absolute atomic E-state index is 10.5. The van der Waals surface area contributed by atoms with E-state index < -0.39 is 5.97 Å². The smallest absolute Gasteiger partial charge is 0.330 e. The zero-order chi connectivity index (χ0) is 9.56. The third kappa shape index (κ3) is 4.16. The van der Waals surface area contributed by atoms with Crippen LogP contribution in [-0.4, -0.2) is 11.1 Å². The number of hydrogen-bond acceptors (Lipinski definition) is 1. The third-order valence-corrected chi connectivity index (χ3v) is 2.11. The summed E-state index contributed by atoms with van der Waals surface area (Å²) in [5.41, 5.74) is 0.343. The van der Waals surface area contributed by atoms with Gasteiger partial charge in [0.2, 0.25) is 0 Å². The van der Waals surface area contributed by atoms with Crippen LogP contribution >= 0.6 is 0 Å². The van der Waals surface area contributed by atoms with Crippen LogP contribution in [0.25, 0.3) is 0 Å². The first-order valence-electron chi connectivity index (χ1n) is 4.52. The summed E-state index contributed by atoms with van der Waals surface area (Å²) in [4.78, 5) is 10.5. The van der Waals surface area contributed by atoms with Crippen LogP contribution in [0.3, 0.4) is 0 Å². The Labute approximate surface area is 74.3 Å². The van der Waals surface area contributed by atoms with Crippen LogP contribution in [0.5, 0.6) is 0 Å². The van der Waals surface area contributed by atoms with E-state index >= 15 is 0 Å². The molecular weight excluding hydrogens is 152 g/mol. The highest BCUT2D eigenvalue weighted by atomic mass is 16.4. The Morgan fingerprint density at radius 3 is 2.42 bits per heavy atom. The molecule has 0 aliphatic heterocycles. The first-order chi connectivity index (χ1) is 5.61. The Bertz CT molecular complexity index is 161. The molecule has 0 aromatic heterocycles. The maximum atomic E-state index is 10.5. The van der Waals surface area contributed by atoms with Crippen LogP contribution in [-0.2, 0) is 4.79 Å². The van der Waals surface area contributed by atoms with Gasteiger partial charge in [0.1, 0.15) is 0 Å². The number of aliphatic carboxylic acids is 1. The standard InChI is InChI=1S/C10H18O2/c1-4-6-9(5-2)7-8(3)10(11)12/h9H,3-7H2,1-2H3,(H,11,12). The lowest BCUT2D eigenvalue weighted by atomic mass is 9.93. The lowest BCUT2D eigenvalue weighted by Gasteiger charge is -2.12. The van der Waals surface area contributed by atoms with Crippen molar-refractivity contribution < 1.29 is 9.90 Å². The fraction of sp³-hybridized carbons (Fsp3) is 0.700. The molecule has 0 radical (unpaired) electrons. The quantitative estimate of drug-likeness (QED) is 0.622. The van der Waals surface area contributed by atoms with Crippen LogP contribution < -0.4 is 0 Å². The minimum absolute atomic E-state index is 0.343. The van der Waals surface area contributed by atoms with Gasteiger partial charge in [-0.1, -0.05) is 39.7 Å². The van der Waals surface area contributed by atoms with Crippen LogP contribution in [0.1, 0.15) is 39.5 Å².